The summed E-state index contributed by atoms with van der Waals surface area (Å²) < 4.78 is 11.6. The van der Waals surface area contributed by atoms with Crippen LogP contribution in [-0.2, 0) is 17.8 Å². The summed E-state index contributed by atoms with van der Waals surface area (Å²) in [5.41, 5.74) is 5.36. The molecule has 1 aromatic heterocycles. The van der Waals surface area contributed by atoms with Crippen LogP contribution in [-0.4, -0.2) is 36.1 Å². The first kappa shape index (κ1) is 20.0. The van der Waals surface area contributed by atoms with Gasteiger partial charge >= 0.3 is 0 Å². The van der Waals surface area contributed by atoms with Crippen molar-refractivity contribution in [2.45, 2.75) is 26.3 Å². The van der Waals surface area contributed by atoms with E-state index in [1.54, 1.807) is 13.3 Å². The van der Waals surface area contributed by atoms with E-state index in [0.29, 0.717) is 31.9 Å². The number of aromatic nitrogens is 1. The van der Waals surface area contributed by atoms with E-state index in [1.807, 2.05) is 29.3 Å². The smallest absolute Gasteiger partial charge is 0.223 e. The number of carbonyl (C=O) groups is 1. The van der Waals surface area contributed by atoms with Crippen LogP contribution in [0.15, 0.2) is 60.9 Å². The van der Waals surface area contributed by atoms with Crippen LogP contribution in [0, 0.1) is 6.92 Å². The third-order valence-electron chi connectivity index (χ3n) is 5.42. The van der Waals surface area contributed by atoms with Gasteiger partial charge in [-0.3, -0.25) is 9.78 Å². The van der Waals surface area contributed by atoms with Gasteiger partial charge in [-0.2, -0.15) is 0 Å². The third kappa shape index (κ3) is 4.46. The van der Waals surface area contributed by atoms with Crippen LogP contribution in [0.5, 0.6) is 11.5 Å². The molecule has 0 saturated carbocycles. The molecule has 1 amide bonds. The van der Waals surface area contributed by atoms with E-state index in [4.69, 9.17) is 9.47 Å². The van der Waals surface area contributed by atoms with Crippen molar-refractivity contribution >= 4 is 5.91 Å². The molecule has 0 fully saturated rings. The third-order valence-corrected chi connectivity index (χ3v) is 5.42. The Balaban J connectivity index is 1.54. The van der Waals surface area contributed by atoms with E-state index in [2.05, 4.69) is 42.2 Å². The molecule has 30 heavy (non-hydrogen) atoms. The number of pyridine rings is 1. The fourth-order valence-electron chi connectivity index (χ4n) is 3.71. The largest absolute Gasteiger partial charge is 0.493 e. The molecule has 2 heterocycles. The number of nitrogens with zero attached hydrogens (tertiary/aromatic N) is 2. The number of ether oxygens (including phenoxy) is 2. The average Bonchev–Trinajstić information content (AvgIpc) is 3.01. The molecule has 0 spiro atoms. The second-order valence-corrected chi connectivity index (χ2v) is 7.56. The fraction of sp³-hybridized carbons (Fsp3) is 0.280. The Morgan fingerprint density at radius 2 is 2.00 bits per heavy atom. The zero-order valence-electron chi connectivity index (χ0n) is 17.4. The van der Waals surface area contributed by atoms with Crippen LogP contribution in [0.3, 0.4) is 0 Å². The lowest BCUT2D eigenvalue weighted by Crippen LogP contribution is -2.32. The molecule has 154 valence electrons. The van der Waals surface area contributed by atoms with Gasteiger partial charge in [0.1, 0.15) is 6.61 Å². The molecule has 0 saturated heterocycles. The predicted molar refractivity (Wildman–Crippen MR) is 117 cm³/mol. The highest BCUT2D eigenvalue weighted by Gasteiger charge is 2.23. The van der Waals surface area contributed by atoms with Crippen molar-refractivity contribution in [2.75, 3.05) is 20.3 Å². The standard InChI is InChI=1S/C25H26N2O3/c1-18-5-7-19(8-6-18)9-10-24(28)27-12-13-30-25-22(17-27)14-21(15-23(25)29-2)20-4-3-11-26-16-20/h3-8,11,14-16H,9-10,12-13,17H2,1-2H3. The number of hydrogen-bond acceptors (Lipinski definition) is 4. The maximum Gasteiger partial charge on any atom is 0.223 e. The summed E-state index contributed by atoms with van der Waals surface area (Å²) in [6.07, 6.45) is 4.80. The molecule has 0 atom stereocenters. The van der Waals surface area contributed by atoms with Gasteiger partial charge in [-0.1, -0.05) is 35.9 Å². The normalized spacial score (nSPS) is 13.2. The van der Waals surface area contributed by atoms with E-state index < -0.39 is 0 Å². The Morgan fingerprint density at radius 1 is 1.17 bits per heavy atom. The molecular weight excluding hydrogens is 376 g/mol. The van der Waals surface area contributed by atoms with Crippen molar-refractivity contribution in [2.24, 2.45) is 0 Å². The van der Waals surface area contributed by atoms with Gasteiger partial charge in [-0.25, -0.2) is 0 Å². The summed E-state index contributed by atoms with van der Waals surface area (Å²) in [6, 6.07) is 16.3. The van der Waals surface area contributed by atoms with Crippen molar-refractivity contribution in [3.63, 3.8) is 0 Å². The van der Waals surface area contributed by atoms with Crippen LogP contribution in [0.2, 0.25) is 0 Å². The molecule has 0 unspecified atom stereocenters. The Labute approximate surface area is 177 Å². The van der Waals surface area contributed by atoms with Gasteiger partial charge in [0.15, 0.2) is 11.5 Å². The first-order chi connectivity index (χ1) is 14.6. The number of fused-ring (bicyclic) bond motifs is 1. The summed E-state index contributed by atoms with van der Waals surface area (Å²) in [6.45, 7) is 3.59. The second-order valence-electron chi connectivity index (χ2n) is 7.56. The van der Waals surface area contributed by atoms with Crippen LogP contribution in [0.25, 0.3) is 11.1 Å². The maximum atomic E-state index is 12.9. The van der Waals surface area contributed by atoms with Gasteiger partial charge in [0.05, 0.1) is 13.7 Å². The fourth-order valence-corrected chi connectivity index (χ4v) is 3.71. The van der Waals surface area contributed by atoms with Crippen LogP contribution < -0.4 is 9.47 Å². The van der Waals surface area contributed by atoms with Crippen molar-refractivity contribution < 1.29 is 14.3 Å². The van der Waals surface area contributed by atoms with E-state index in [9.17, 15) is 4.79 Å². The highest BCUT2D eigenvalue weighted by atomic mass is 16.5. The first-order valence-electron chi connectivity index (χ1n) is 10.2. The quantitative estimate of drug-likeness (QED) is 0.634. The molecule has 0 radical (unpaired) electrons. The Bertz CT molecular complexity index is 1020. The lowest BCUT2D eigenvalue weighted by atomic mass is 10.0. The lowest BCUT2D eigenvalue weighted by Gasteiger charge is -2.20. The number of amides is 1. The Hall–Kier alpha value is -3.34. The highest BCUT2D eigenvalue weighted by molar-refractivity contribution is 5.77. The van der Waals surface area contributed by atoms with Gasteiger partial charge < -0.3 is 14.4 Å². The zero-order valence-corrected chi connectivity index (χ0v) is 17.4. The molecule has 5 heteroatoms. The number of benzene rings is 2. The summed E-state index contributed by atoms with van der Waals surface area (Å²) in [4.78, 5) is 19.0. The number of hydrogen-bond donors (Lipinski definition) is 0. The molecule has 1 aliphatic rings. The minimum absolute atomic E-state index is 0.137. The van der Waals surface area contributed by atoms with Gasteiger partial charge in [0.25, 0.3) is 0 Å². The average molecular weight is 402 g/mol. The van der Waals surface area contributed by atoms with Crippen LogP contribution >= 0.6 is 0 Å². The van der Waals surface area contributed by atoms with Crippen molar-refractivity contribution in [1.29, 1.82) is 0 Å². The zero-order chi connectivity index (χ0) is 20.9. The van der Waals surface area contributed by atoms with Gasteiger partial charge in [0, 0.05) is 36.5 Å². The van der Waals surface area contributed by atoms with Gasteiger partial charge in [0.2, 0.25) is 5.91 Å². The Kier molecular flexibility index (Phi) is 5.98. The molecule has 1 aliphatic heterocycles. The molecule has 0 bridgehead atoms. The number of methoxy groups -OCH3 is 1. The van der Waals surface area contributed by atoms with Gasteiger partial charge in [-0.05, 0) is 42.7 Å². The minimum Gasteiger partial charge on any atom is -0.493 e. The number of carbonyl (C=O) groups excluding carboxylic acids is 1. The SMILES string of the molecule is COc1cc(-c2cccnc2)cc2c1OCCN(C(=O)CCc1ccc(C)cc1)C2. The molecular formula is C25H26N2O3. The topological polar surface area (TPSA) is 51.7 Å². The molecule has 3 aromatic rings. The predicted octanol–water partition coefficient (Wildman–Crippen LogP) is 4.42. The van der Waals surface area contributed by atoms with Crippen LogP contribution in [0.4, 0.5) is 0 Å². The highest BCUT2D eigenvalue weighted by Crippen LogP contribution is 2.38. The number of aryl methyl sites for hydroxylation is 2. The summed E-state index contributed by atoms with van der Waals surface area (Å²) in [5.74, 6) is 1.54. The second kappa shape index (κ2) is 8.99. The number of rotatable bonds is 5. The molecule has 2 aromatic carbocycles. The van der Waals surface area contributed by atoms with Crippen molar-refractivity contribution in [3.05, 3.63) is 77.6 Å². The van der Waals surface area contributed by atoms with Crippen molar-refractivity contribution in [3.8, 4) is 22.6 Å². The van der Waals surface area contributed by atoms with E-state index in [-0.39, 0.29) is 5.91 Å². The summed E-state index contributed by atoms with van der Waals surface area (Å²) >= 11 is 0. The lowest BCUT2D eigenvalue weighted by molar-refractivity contribution is -0.131. The van der Waals surface area contributed by atoms with Crippen LogP contribution in [0.1, 0.15) is 23.1 Å². The molecule has 0 N–H and O–H groups in total. The minimum atomic E-state index is 0.137. The van der Waals surface area contributed by atoms with E-state index in [1.165, 1.54) is 11.1 Å². The maximum absolute atomic E-state index is 12.9. The summed E-state index contributed by atoms with van der Waals surface area (Å²) in [7, 11) is 1.64. The molecule has 0 aliphatic carbocycles. The molecule has 5 nitrogen and oxygen atoms in total. The van der Waals surface area contributed by atoms with E-state index in [0.717, 1.165) is 28.9 Å². The van der Waals surface area contributed by atoms with E-state index >= 15 is 0 Å². The Morgan fingerprint density at radius 3 is 2.73 bits per heavy atom. The first-order valence-corrected chi connectivity index (χ1v) is 10.2. The van der Waals surface area contributed by atoms with Crippen molar-refractivity contribution in [1.82, 2.24) is 9.88 Å². The molecule has 4 rings (SSSR count). The monoisotopic (exact) mass is 402 g/mol. The summed E-state index contributed by atoms with van der Waals surface area (Å²) in [5, 5.41) is 0. The van der Waals surface area contributed by atoms with Gasteiger partial charge in [-0.15, -0.1) is 0 Å².